The van der Waals surface area contributed by atoms with Crippen LogP contribution in [0.1, 0.15) is 90.7 Å². The fourth-order valence-electron chi connectivity index (χ4n) is 7.26. The number of benzene rings is 2. The number of hydrogen-bond acceptors (Lipinski definition) is 10. The minimum absolute atomic E-state index is 0.0505. The smallest absolute Gasteiger partial charge is 0.306 e. The van der Waals surface area contributed by atoms with Gasteiger partial charge in [-0.3, -0.25) is 38.5 Å². The third kappa shape index (κ3) is 20.5. The maximum Gasteiger partial charge on any atom is 0.306 e. The molecule has 5 amide bonds. The minimum atomic E-state index is -1.60. The lowest BCUT2D eigenvalue weighted by Crippen LogP contribution is -2.60. The quantitative estimate of drug-likeness (QED) is 0.0274. The number of hydrogen-bond donors (Lipinski definition) is 5. The summed E-state index contributed by atoms with van der Waals surface area (Å²) < 4.78 is 11.3. The number of aryl methyl sites for hydroxylation is 1. The van der Waals surface area contributed by atoms with Crippen LogP contribution in [0.3, 0.4) is 0 Å². The van der Waals surface area contributed by atoms with Crippen molar-refractivity contribution in [1.82, 2.24) is 31.5 Å². The minimum Gasteiger partial charge on any atom is -0.450 e. The van der Waals surface area contributed by atoms with Gasteiger partial charge in [-0.2, -0.15) is 0 Å². The highest BCUT2D eigenvalue weighted by molar-refractivity contribution is 14.1. The lowest BCUT2D eigenvalue weighted by molar-refractivity contribution is -0.164. The van der Waals surface area contributed by atoms with Crippen molar-refractivity contribution >= 4 is 63.9 Å². The predicted molar refractivity (Wildman–Crippen MR) is 258 cm³/mol. The standard InChI is InChI=1S/C49H69IN6O9/c1-7-8-20-42(57)51-24-15-21-44(59)65-49(6,33-50)45(60)39(29-34(2)3)53-48(63)41(31-37-18-13-10-14-19-37)55-47(62)40(30-35(4)5)54-46(61)38(23-22-36-16-11-9-12-17-36)52-43(58)32-56-25-27-64-28-26-56/h1,9-14,16-19,34-35,38-41H,8,15,20-33H2,2-6H3,(H,51,57)(H,52,58)(H,53,63)(H,54,61)(H,55,62). The molecule has 0 saturated carbocycles. The Balaban J connectivity index is 1.82. The van der Waals surface area contributed by atoms with Crippen LogP contribution < -0.4 is 26.6 Å². The summed E-state index contributed by atoms with van der Waals surface area (Å²) in [7, 11) is 0. The van der Waals surface area contributed by atoms with E-state index in [9.17, 15) is 33.6 Å². The molecule has 1 aliphatic heterocycles. The number of Topliss-reactive ketones (excluding diaryl/α,β-unsaturated/α-hetero) is 1. The van der Waals surface area contributed by atoms with E-state index in [0.717, 1.165) is 11.1 Å². The van der Waals surface area contributed by atoms with E-state index in [1.54, 1.807) is 0 Å². The molecule has 1 aliphatic rings. The van der Waals surface area contributed by atoms with Gasteiger partial charge < -0.3 is 36.1 Å². The first-order valence-corrected chi connectivity index (χ1v) is 24.2. The number of alkyl halides is 1. The summed E-state index contributed by atoms with van der Waals surface area (Å²) in [5.41, 5.74) is 0.131. The molecule has 15 nitrogen and oxygen atoms in total. The summed E-state index contributed by atoms with van der Waals surface area (Å²) in [6, 6.07) is 14.4. The van der Waals surface area contributed by atoms with Crippen LogP contribution in [0, 0.1) is 24.2 Å². The van der Waals surface area contributed by atoms with Gasteiger partial charge in [-0.15, -0.1) is 12.3 Å². The second-order valence-electron chi connectivity index (χ2n) is 17.5. The van der Waals surface area contributed by atoms with E-state index in [1.165, 1.54) is 6.92 Å². The second kappa shape index (κ2) is 28.9. The Morgan fingerprint density at radius 2 is 1.31 bits per heavy atom. The number of carbonyl (C=O) groups excluding carboxylic acids is 7. The number of ether oxygens (including phenoxy) is 2. The topological polar surface area (TPSA) is 201 Å². The highest BCUT2D eigenvalue weighted by atomic mass is 127. The van der Waals surface area contributed by atoms with E-state index in [-0.39, 0.29) is 86.1 Å². The van der Waals surface area contributed by atoms with Gasteiger partial charge in [0.2, 0.25) is 29.5 Å². The molecule has 5 unspecified atom stereocenters. The number of halogens is 1. The van der Waals surface area contributed by atoms with Gasteiger partial charge in [0.25, 0.3) is 0 Å². The van der Waals surface area contributed by atoms with Gasteiger partial charge in [0.15, 0.2) is 11.4 Å². The largest absolute Gasteiger partial charge is 0.450 e. The molecule has 0 bridgehead atoms. The number of ketones is 1. The number of esters is 1. The van der Waals surface area contributed by atoms with Crippen molar-refractivity contribution in [3.8, 4) is 12.3 Å². The Morgan fingerprint density at radius 1 is 0.754 bits per heavy atom. The van der Waals surface area contributed by atoms with Crippen molar-refractivity contribution in [1.29, 1.82) is 0 Å². The molecular weight excluding hydrogens is 943 g/mol. The van der Waals surface area contributed by atoms with Gasteiger partial charge in [0.1, 0.15) is 18.1 Å². The summed E-state index contributed by atoms with van der Waals surface area (Å²) in [5, 5.41) is 14.3. The number of rotatable bonds is 28. The number of morpholine rings is 1. The van der Waals surface area contributed by atoms with E-state index < -0.39 is 59.2 Å². The fourth-order valence-corrected chi connectivity index (χ4v) is 7.79. The molecular formula is C49H69IN6O9. The normalized spacial score (nSPS) is 15.6. The van der Waals surface area contributed by atoms with Crippen LogP contribution in [0.15, 0.2) is 60.7 Å². The maximum atomic E-state index is 14.4. The zero-order chi connectivity index (χ0) is 47.8. The summed E-state index contributed by atoms with van der Waals surface area (Å²) in [5.74, 6) is -1.13. The van der Waals surface area contributed by atoms with E-state index in [4.69, 9.17) is 15.9 Å². The summed E-state index contributed by atoms with van der Waals surface area (Å²) in [4.78, 5) is 97.4. The van der Waals surface area contributed by atoms with Crippen LogP contribution in [0.2, 0.25) is 0 Å². The molecule has 0 aliphatic carbocycles. The van der Waals surface area contributed by atoms with Crippen molar-refractivity contribution in [3.63, 3.8) is 0 Å². The Bertz CT molecular complexity index is 1890. The number of nitrogens with zero attached hydrogens (tertiary/aromatic N) is 1. The van der Waals surface area contributed by atoms with E-state index in [1.807, 2.05) is 116 Å². The van der Waals surface area contributed by atoms with E-state index in [0.29, 0.717) is 39.1 Å². The highest BCUT2D eigenvalue weighted by Crippen LogP contribution is 2.22. The molecule has 0 aromatic heterocycles. The summed E-state index contributed by atoms with van der Waals surface area (Å²) >= 11 is 1.98. The van der Waals surface area contributed by atoms with Crippen LogP contribution in [-0.2, 0) is 55.9 Å². The van der Waals surface area contributed by atoms with Gasteiger partial charge in [-0.25, -0.2) is 0 Å². The van der Waals surface area contributed by atoms with Gasteiger partial charge >= 0.3 is 5.97 Å². The van der Waals surface area contributed by atoms with Crippen LogP contribution in [0.25, 0.3) is 0 Å². The SMILES string of the molecule is C#CCCC(=O)NCCCC(=O)OC(C)(CI)C(=O)C(CC(C)C)NC(=O)C(Cc1ccccc1)NC(=O)C(CC(C)C)NC(=O)C(CCc1ccccc1)NC(=O)CN1CCOCC1. The molecule has 1 saturated heterocycles. The van der Waals surface area contributed by atoms with Gasteiger partial charge in [0, 0.05) is 49.7 Å². The van der Waals surface area contributed by atoms with Gasteiger partial charge in [0.05, 0.1) is 25.8 Å². The third-order valence-electron chi connectivity index (χ3n) is 10.8. The number of amides is 5. The Kier molecular flexibility index (Phi) is 24.2. The highest BCUT2D eigenvalue weighted by Gasteiger charge is 2.42. The first-order valence-electron chi connectivity index (χ1n) is 22.6. The molecule has 356 valence electrons. The van der Waals surface area contributed by atoms with Crippen LogP contribution >= 0.6 is 22.6 Å². The average Bonchev–Trinajstić information content (AvgIpc) is 3.28. The van der Waals surface area contributed by atoms with Gasteiger partial charge in [-0.05, 0) is 62.0 Å². The lowest BCUT2D eigenvalue weighted by Gasteiger charge is -2.32. The van der Waals surface area contributed by atoms with E-state index >= 15 is 0 Å². The second-order valence-corrected chi connectivity index (χ2v) is 18.3. The molecule has 2 aromatic rings. The molecule has 65 heavy (non-hydrogen) atoms. The van der Waals surface area contributed by atoms with Crippen LogP contribution in [0.5, 0.6) is 0 Å². The molecule has 16 heteroatoms. The van der Waals surface area contributed by atoms with Crippen molar-refractivity contribution in [3.05, 3.63) is 71.8 Å². The molecule has 5 atom stereocenters. The predicted octanol–water partition coefficient (Wildman–Crippen LogP) is 3.84. The average molecular weight is 1010 g/mol. The number of nitrogens with one attached hydrogen (secondary N) is 5. The summed E-state index contributed by atoms with van der Waals surface area (Å²) in [6.07, 6.45) is 7.25. The van der Waals surface area contributed by atoms with Crippen molar-refractivity contribution in [2.24, 2.45) is 11.8 Å². The van der Waals surface area contributed by atoms with Crippen molar-refractivity contribution in [2.75, 3.05) is 43.8 Å². The Hall–Kier alpha value is -4.86. The van der Waals surface area contributed by atoms with Gasteiger partial charge in [-0.1, -0.05) is 111 Å². The molecule has 1 heterocycles. The van der Waals surface area contributed by atoms with E-state index in [2.05, 4.69) is 32.5 Å². The zero-order valence-electron chi connectivity index (χ0n) is 38.6. The first-order chi connectivity index (χ1) is 31.0. The first kappa shape index (κ1) is 54.5. The van der Waals surface area contributed by atoms with Crippen LogP contribution in [0.4, 0.5) is 0 Å². The molecule has 1 fully saturated rings. The number of terminal acetylenes is 1. The van der Waals surface area contributed by atoms with Crippen molar-refractivity contribution in [2.45, 2.75) is 122 Å². The molecule has 3 rings (SSSR count). The fraction of sp³-hybridized carbons (Fsp3) is 0.571. The molecule has 2 aromatic carbocycles. The maximum absolute atomic E-state index is 14.4. The summed E-state index contributed by atoms with van der Waals surface area (Å²) in [6.45, 7) is 11.7. The molecule has 0 spiro atoms. The number of carbonyl (C=O) groups is 7. The Labute approximate surface area is 398 Å². The van der Waals surface area contributed by atoms with Crippen molar-refractivity contribution < 1.29 is 43.0 Å². The molecule has 0 radical (unpaired) electrons. The van der Waals surface area contributed by atoms with Crippen LogP contribution in [-0.4, -0.2) is 120 Å². The third-order valence-corrected chi connectivity index (χ3v) is 12.2. The molecule has 5 N–H and O–H groups in total. The Morgan fingerprint density at radius 3 is 1.91 bits per heavy atom. The lowest BCUT2D eigenvalue weighted by atomic mass is 9.90. The monoisotopic (exact) mass is 1010 g/mol. The zero-order valence-corrected chi connectivity index (χ0v) is 40.8.